The maximum absolute atomic E-state index is 5.88. The van der Waals surface area contributed by atoms with Gasteiger partial charge >= 0.3 is 0 Å². The van der Waals surface area contributed by atoms with E-state index in [1.807, 2.05) is 12.1 Å². The molecule has 1 unspecified atom stereocenters. The van der Waals surface area contributed by atoms with E-state index in [0.717, 1.165) is 18.8 Å². The Morgan fingerprint density at radius 2 is 2.11 bits per heavy atom. The summed E-state index contributed by atoms with van der Waals surface area (Å²) in [6.07, 6.45) is 9.15. The second kappa shape index (κ2) is 6.76. The van der Waals surface area contributed by atoms with Gasteiger partial charge in [-0.1, -0.05) is 50.1 Å². The van der Waals surface area contributed by atoms with Gasteiger partial charge in [-0.25, -0.2) is 0 Å². The van der Waals surface area contributed by atoms with Crippen molar-refractivity contribution in [3.05, 3.63) is 42.0 Å². The molecule has 1 aromatic rings. The number of benzene rings is 1. The molecule has 1 fully saturated rings. The third-order valence-corrected chi connectivity index (χ3v) is 3.37. The third kappa shape index (κ3) is 4.71. The summed E-state index contributed by atoms with van der Waals surface area (Å²) in [7, 11) is 0. The summed E-state index contributed by atoms with van der Waals surface area (Å²) < 4.78 is 11.2. The van der Waals surface area contributed by atoms with Gasteiger partial charge in [0.2, 0.25) is 0 Å². The van der Waals surface area contributed by atoms with Crippen LogP contribution >= 0.6 is 0 Å². The number of unbranched alkanes of at least 4 members (excludes halogenated alkanes) is 2. The average Bonchev–Trinajstić information content (AvgIpc) is 3.16. The standard InChI is InChI=1S/C17H24O2/c1-3-4-5-6-7-10-15-11-8-9-12-16(15)18-13-17(2)14-19-17/h6-9,11-12H,3-5,10,13-14H2,1-2H3/b7-6+. The van der Waals surface area contributed by atoms with Gasteiger partial charge in [-0.3, -0.25) is 0 Å². The average molecular weight is 260 g/mol. The van der Waals surface area contributed by atoms with Gasteiger partial charge in [-0.15, -0.1) is 0 Å². The quantitative estimate of drug-likeness (QED) is 0.398. The van der Waals surface area contributed by atoms with Crippen molar-refractivity contribution >= 4 is 0 Å². The summed E-state index contributed by atoms with van der Waals surface area (Å²) in [4.78, 5) is 0. The Morgan fingerprint density at radius 3 is 2.84 bits per heavy atom. The number of ether oxygens (including phenoxy) is 2. The maximum atomic E-state index is 5.88. The molecule has 1 saturated heterocycles. The van der Waals surface area contributed by atoms with E-state index in [0.29, 0.717) is 6.61 Å². The smallest absolute Gasteiger partial charge is 0.123 e. The topological polar surface area (TPSA) is 21.8 Å². The van der Waals surface area contributed by atoms with Crippen LogP contribution in [0.5, 0.6) is 5.75 Å². The molecule has 104 valence electrons. The maximum Gasteiger partial charge on any atom is 0.123 e. The van der Waals surface area contributed by atoms with Crippen molar-refractivity contribution in [3.63, 3.8) is 0 Å². The van der Waals surface area contributed by atoms with Gasteiger partial charge in [-0.05, 0) is 31.4 Å². The van der Waals surface area contributed by atoms with Gasteiger partial charge in [0.15, 0.2) is 0 Å². The summed E-state index contributed by atoms with van der Waals surface area (Å²) in [5.41, 5.74) is 1.20. The summed E-state index contributed by atoms with van der Waals surface area (Å²) in [6, 6.07) is 8.27. The molecule has 1 atom stereocenters. The van der Waals surface area contributed by atoms with Crippen LogP contribution in [0.2, 0.25) is 0 Å². The predicted octanol–water partition coefficient (Wildman–Crippen LogP) is 4.14. The second-order valence-electron chi connectivity index (χ2n) is 5.45. The molecular formula is C17H24O2. The molecule has 0 radical (unpaired) electrons. The number of epoxide rings is 1. The zero-order valence-corrected chi connectivity index (χ0v) is 12.0. The van der Waals surface area contributed by atoms with Crippen molar-refractivity contribution in [1.29, 1.82) is 0 Å². The fraction of sp³-hybridized carbons (Fsp3) is 0.529. The van der Waals surface area contributed by atoms with Gasteiger partial charge in [0.05, 0.1) is 6.61 Å². The van der Waals surface area contributed by atoms with Gasteiger partial charge < -0.3 is 9.47 Å². The SMILES string of the molecule is CCCC/C=C/Cc1ccccc1OCC1(C)CO1. The molecular weight excluding hydrogens is 236 g/mol. The minimum atomic E-state index is -0.0515. The van der Waals surface area contributed by atoms with E-state index in [-0.39, 0.29) is 5.60 Å². The summed E-state index contributed by atoms with van der Waals surface area (Å²) in [6.45, 7) is 5.76. The van der Waals surface area contributed by atoms with Gasteiger partial charge in [0.25, 0.3) is 0 Å². The summed E-state index contributed by atoms with van der Waals surface area (Å²) >= 11 is 0. The molecule has 1 aliphatic rings. The van der Waals surface area contributed by atoms with Crippen molar-refractivity contribution in [2.45, 2.75) is 45.1 Å². The lowest BCUT2D eigenvalue weighted by atomic mass is 10.1. The van der Waals surface area contributed by atoms with Crippen LogP contribution in [-0.2, 0) is 11.2 Å². The Balaban J connectivity index is 1.86. The Kier molecular flexibility index (Phi) is 5.03. The van der Waals surface area contributed by atoms with E-state index in [9.17, 15) is 0 Å². The normalized spacial score (nSPS) is 21.8. The molecule has 2 rings (SSSR count). The van der Waals surface area contributed by atoms with Crippen LogP contribution in [0.25, 0.3) is 0 Å². The zero-order valence-electron chi connectivity index (χ0n) is 12.0. The first-order valence-corrected chi connectivity index (χ1v) is 7.23. The predicted molar refractivity (Wildman–Crippen MR) is 78.7 cm³/mol. The molecule has 1 heterocycles. The fourth-order valence-corrected chi connectivity index (χ4v) is 1.90. The largest absolute Gasteiger partial charge is 0.490 e. The van der Waals surface area contributed by atoms with Crippen LogP contribution in [-0.4, -0.2) is 18.8 Å². The molecule has 19 heavy (non-hydrogen) atoms. The van der Waals surface area contributed by atoms with Crippen LogP contribution in [0.3, 0.4) is 0 Å². The Morgan fingerprint density at radius 1 is 1.32 bits per heavy atom. The molecule has 0 saturated carbocycles. The number of rotatable bonds is 8. The minimum absolute atomic E-state index is 0.0515. The molecule has 2 nitrogen and oxygen atoms in total. The zero-order chi connectivity index (χ0) is 13.6. The monoisotopic (exact) mass is 260 g/mol. The van der Waals surface area contributed by atoms with Gasteiger partial charge in [-0.2, -0.15) is 0 Å². The summed E-state index contributed by atoms with van der Waals surface area (Å²) in [5.74, 6) is 0.986. The van der Waals surface area contributed by atoms with Crippen LogP contribution in [0.1, 0.15) is 38.7 Å². The number of allylic oxidation sites excluding steroid dienone is 2. The van der Waals surface area contributed by atoms with Crippen LogP contribution in [0.15, 0.2) is 36.4 Å². The van der Waals surface area contributed by atoms with Crippen molar-refractivity contribution in [2.24, 2.45) is 0 Å². The molecule has 0 N–H and O–H groups in total. The second-order valence-corrected chi connectivity index (χ2v) is 5.45. The van der Waals surface area contributed by atoms with Crippen LogP contribution < -0.4 is 4.74 Å². The van der Waals surface area contributed by atoms with Gasteiger partial charge in [0.1, 0.15) is 18.0 Å². The fourth-order valence-electron chi connectivity index (χ4n) is 1.90. The highest BCUT2D eigenvalue weighted by Gasteiger charge is 2.40. The lowest BCUT2D eigenvalue weighted by Crippen LogP contribution is -2.17. The van der Waals surface area contributed by atoms with Crippen molar-refractivity contribution < 1.29 is 9.47 Å². The lowest BCUT2D eigenvalue weighted by Gasteiger charge is -2.12. The van der Waals surface area contributed by atoms with Crippen molar-refractivity contribution in [2.75, 3.05) is 13.2 Å². The molecule has 0 spiro atoms. The molecule has 0 aromatic heterocycles. The van der Waals surface area contributed by atoms with E-state index >= 15 is 0 Å². The lowest BCUT2D eigenvalue weighted by molar-refractivity contribution is 0.201. The first kappa shape index (κ1) is 14.1. The molecule has 0 bridgehead atoms. The summed E-state index contributed by atoms with van der Waals surface area (Å²) in [5, 5.41) is 0. The van der Waals surface area contributed by atoms with E-state index < -0.39 is 0 Å². The highest BCUT2D eigenvalue weighted by Crippen LogP contribution is 2.28. The third-order valence-electron chi connectivity index (χ3n) is 3.37. The molecule has 0 amide bonds. The number of para-hydroxylation sites is 1. The van der Waals surface area contributed by atoms with Crippen LogP contribution in [0.4, 0.5) is 0 Å². The Bertz CT molecular complexity index is 419. The minimum Gasteiger partial charge on any atom is -0.490 e. The molecule has 1 aromatic carbocycles. The van der Waals surface area contributed by atoms with Crippen LogP contribution in [0, 0.1) is 0 Å². The number of hydrogen-bond acceptors (Lipinski definition) is 2. The van der Waals surface area contributed by atoms with E-state index in [1.165, 1.54) is 24.8 Å². The first-order chi connectivity index (χ1) is 9.23. The first-order valence-electron chi connectivity index (χ1n) is 7.23. The Labute approximate surface area is 116 Å². The van der Waals surface area contributed by atoms with E-state index in [4.69, 9.17) is 9.47 Å². The molecule has 1 aliphatic heterocycles. The highest BCUT2D eigenvalue weighted by atomic mass is 16.6. The van der Waals surface area contributed by atoms with E-state index in [2.05, 4.69) is 38.1 Å². The number of hydrogen-bond donors (Lipinski definition) is 0. The Hall–Kier alpha value is -1.28. The van der Waals surface area contributed by atoms with Gasteiger partial charge in [0, 0.05) is 0 Å². The van der Waals surface area contributed by atoms with E-state index in [1.54, 1.807) is 0 Å². The molecule has 0 aliphatic carbocycles. The van der Waals surface area contributed by atoms with Crippen molar-refractivity contribution in [1.82, 2.24) is 0 Å². The highest BCUT2D eigenvalue weighted by molar-refractivity contribution is 5.35. The molecule has 2 heteroatoms. The van der Waals surface area contributed by atoms with Crippen molar-refractivity contribution in [3.8, 4) is 5.75 Å².